The summed E-state index contributed by atoms with van der Waals surface area (Å²) in [7, 11) is 1.74. The lowest BCUT2D eigenvalue weighted by molar-refractivity contribution is 0.416. The number of rotatable bonds is 2. The molecule has 0 unspecified atom stereocenters. The number of methoxy groups -OCH3 is 1. The van der Waals surface area contributed by atoms with E-state index in [0.29, 0.717) is 0 Å². The van der Waals surface area contributed by atoms with Crippen molar-refractivity contribution in [3.05, 3.63) is 53.7 Å². The number of para-hydroxylation sites is 1. The Bertz CT molecular complexity index is 825. The molecule has 0 aliphatic carbocycles. The van der Waals surface area contributed by atoms with Gasteiger partial charge in [0.1, 0.15) is 5.75 Å². The minimum Gasteiger partial charge on any atom is -0.496 e. The molecule has 1 aliphatic heterocycles. The quantitative estimate of drug-likeness (QED) is 0.747. The third kappa shape index (κ3) is 2.71. The number of H-pyrrole nitrogens is 1. The molecule has 0 fully saturated rings. The lowest BCUT2D eigenvalue weighted by atomic mass is 9.96. The molecule has 2 aromatic carbocycles. The highest BCUT2D eigenvalue weighted by Gasteiger charge is 2.18. The van der Waals surface area contributed by atoms with Crippen LogP contribution in [-0.4, -0.2) is 25.2 Å². The van der Waals surface area contributed by atoms with Crippen molar-refractivity contribution in [1.29, 1.82) is 0 Å². The van der Waals surface area contributed by atoms with Crippen LogP contribution in [-0.2, 0) is 12.8 Å². The zero-order valence-electron chi connectivity index (χ0n) is 13.2. The van der Waals surface area contributed by atoms with E-state index < -0.39 is 0 Å². The Hall–Kier alpha value is -1.97. The molecule has 2 heterocycles. The Labute approximate surface area is 142 Å². The predicted molar refractivity (Wildman–Crippen MR) is 97.8 cm³/mol. The normalized spacial score (nSPS) is 14.0. The van der Waals surface area contributed by atoms with Crippen LogP contribution < -0.4 is 10.1 Å². The second kappa shape index (κ2) is 6.65. The van der Waals surface area contributed by atoms with Gasteiger partial charge in [0, 0.05) is 35.1 Å². The summed E-state index contributed by atoms with van der Waals surface area (Å²) < 4.78 is 5.57. The highest BCUT2D eigenvalue weighted by atomic mass is 35.5. The molecule has 0 amide bonds. The van der Waals surface area contributed by atoms with Gasteiger partial charge in [0.05, 0.1) is 7.11 Å². The average Bonchev–Trinajstić information content (AvgIpc) is 2.76. The molecule has 4 rings (SSSR count). The molecule has 0 bridgehead atoms. The minimum atomic E-state index is 0. The van der Waals surface area contributed by atoms with Crippen LogP contribution >= 0.6 is 12.4 Å². The number of benzene rings is 2. The van der Waals surface area contributed by atoms with Crippen molar-refractivity contribution < 1.29 is 4.74 Å². The van der Waals surface area contributed by atoms with Gasteiger partial charge >= 0.3 is 0 Å². The molecular formula is C19H21ClN2O. The molecule has 3 nitrogen and oxygen atoms in total. The van der Waals surface area contributed by atoms with Gasteiger partial charge in [0.15, 0.2) is 0 Å². The smallest absolute Gasteiger partial charge is 0.126 e. The van der Waals surface area contributed by atoms with Crippen LogP contribution in [0.4, 0.5) is 0 Å². The van der Waals surface area contributed by atoms with Crippen LogP contribution in [0, 0.1) is 0 Å². The fourth-order valence-electron chi connectivity index (χ4n) is 3.50. The first-order chi connectivity index (χ1) is 10.9. The SMILES string of the molecule is COc1ccccc1-c1cccc2[nH]c3c(c12)CCNCC3.Cl. The average molecular weight is 329 g/mol. The van der Waals surface area contributed by atoms with Gasteiger partial charge in [-0.1, -0.05) is 30.3 Å². The Morgan fingerprint density at radius 2 is 1.70 bits per heavy atom. The van der Waals surface area contributed by atoms with Crippen molar-refractivity contribution in [2.45, 2.75) is 12.8 Å². The van der Waals surface area contributed by atoms with E-state index >= 15 is 0 Å². The molecule has 3 aromatic rings. The Morgan fingerprint density at radius 3 is 2.57 bits per heavy atom. The number of hydrogen-bond donors (Lipinski definition) is 2. The van der Waals surface area contributed by atoms with Crippen LogP contribution in [0.15, 0.2) is 42.5 Å². The molecule has 0 radical (unpaired) electrons. The Balaban J connectivity index is 0.00000156. The number of hydrogen-bond acceptors (Lipinski definition) is 2. The fraction of sp³-hybridized carbons (Fsp3) is 0.263. The van der Waals surface area contributed by atoms with E-state index in [0.717, 1.165) is 37.2 Å². The Kier molecular flexibility index (Phi) is 4.60. The summed E-state index contributed by atoms with van der Waals surface area (Å²) in [6.45, 7) is 2.09. The van der Waals surface area contributed by atoms with E-state index in [1.165, 1.54) is 27.7 Å². The zero-order chi connectivity index (χ0) is 14.9. The largest absolute Gasteiger partial charge is 0.496 e. The van der Waals surface area contributed by atoms with E-state index in [-0.39, 0.29) is 12.4 Å². The maximum atomic E-state index is 5.57. The van der Waals surface area contributed by atoms with Gasteiger partial charge in [-0.25, -0.2) is 0 Å². The van der Waals surface area contributed by atoms with Crippen LogP contribution in [0.2, 0.25) is 0 Å². The van der Waals surface area contributed by atoms with Crippen LogP contribution in [0.25, 0.3) is 22.0 Å². The molecule has 23 heavy (non-hydrogen) atoms. The topological polar surface area (TPSA) is 37.0 Å². The molecule has 120 valence electrons. The van der Waals surface area contributed by atoms with Gasteiger partial charge in [0.2, 0.25) is 0 Å². The third-order valence-corrected chi connectivity index (χ3v) is 4.52. The van der Waals surface area contributed by atoms with Crippen LogP contribution in [0.1, 0.15) is 11.3 Å². The number of halogens is 1. The first-order valence-corrected chi connectivity index (χ1v) is 7.85. The molecule has 0 spiro atoms. The second-order valence-electron chi connectivity index (χ2n) is 5.76. The molecule has 4 heteroatoms. The third-order valence-electron chi connectivity index (χ3n) is 4.52. The van der Waals surface area contributed by atoms with Gasteiger partial charge in [0.25, 0.3) is 0 Å². The van der Waals surface area contributed by atoms with Gasteiger partial charge < -0.3 is 15.0 Å². The maximum Gasteiger partial charge on any atom is 0.126 e. The molecule has 0 saturated heterocycles. The summed E-state index contributed by atoms with van der Waals surface area (Å²) in [5.41, 5.74) is 6.49. The highest BCUT2D eigenvalue weighted by molar-refractivity contribution is 5.99. The van der Waals surface area contributed by atoms with Crippen molar-refractivity contribution in [3.63, 3.8) is 0 Å². The van der Waals surface area contributed by atoms with Gasteiger partial charge in [-0.05, 0) is 36.2 Å². The molecular weight excluding hydrogens is 308 g/mol. The molecule has 0 saturated carbocycles. The molecule has 1 aliphatic rings. The number of aromatic nitrogens is 1. The van der Waals surface area contributed by atoms with Crippen LogP contribution in [0.5, 0.6) is 5.75 Å². The standard InChI is InChI=1S/C19H20N2O.ClH/c1-22-18-8-3-2-5-13(18)14-6-4-7-17-19(14)15-9-11-20-12-10-16(15)21-17;/h2-8,20-21H,9-12H2,1H3;1H. The van der Waals surface area contributed by atoms with Gasteiger partial charge in [-0.15, -0.1) is 12.4 Å². The predicted octanol–water partition coefficient (Wildman–Crippen LogP) is 3.95. The highest BCUT2D eigenvalue weighted by Crippen LogP contribution is 2.38. The van der Waals surface area contributed by atoms with E-state index in [9.17, 15) is 0 Å². The van der Waals surface area contributed by atoms with E-state index in [1.807, 2.05) is 12.1 Å². The van der Waals surface area contributed by atoms with Crippen molar-refractivity contribution in [1.82, 2.24) is 10.3 Å². The van der Waals surface area contributed by atoms with Crippen LogP contribution in [0.3, 0.4) is 0 Å². The summed E-state index contributed by atoms with van der Waals surface area (Å²) in [6, 6.07) is 14.8. The van der Waals surface area contributed by atoms with Crippen molar-refractivity contribution in [2.75, 3.05) is 20.2 Å². The van der Waals surface area contributed by atoms with Crippen molar-refractivity contribution in [3.8, 4) is 16.9 Å². The van der Waals surface area contributed by atoms with Crippen molar-refractivity contribution in [2.24, 2.45) is 0 Å². The van der Waals surface area contributed by atoms with Gasteiger partial charge in [-0.2, -0.15) is 0 Å². The first kappa shape index (κ1) is 15.9. The van der Waals surface area contributed by atoms with E-state index in [2.05, 4.69) is 40.6 Å². The number of nitrogens with one attached hydrogen (secondary N) is 2. The number of aromatic amines is 1. The summed E-state index contributed by atoms with van der Waals surface area (Å²) in [5.74, 6) is 0.927. The monoisotopic (exact) mass is 328 g/mol. The number of fused-ring (bicyclic) bond motifs is 3. The second-order valence-corrected chi connectivity index (χ2v) is 5.76. The van der Waals surface area contributed by atoms with Gasteiger partial charge in [-0.3, -0.25) is 0 Å². The van der Waals surface area contributed by atoms with E-state index in [4.69, 9.17) is 4.74 Å². The number of ether oxygens (including phenoxy) is 1. The molecule has 0 atom stereocenters. The molecule has 1 aromatic heterocycles. The summed E-state index contributed by atoms with van der Waals surface area (Å²) in [4.78, 5) is 3.62. The molecule has 2 N–H and O–H groups in total. The van der Waals surface area contributed by atoms with Crippen molar-refractivity contribution >= 4 is 23.3 Å². The lowest BCUT2D eigenvalue weighted by Crippen LogP contribution is -2.16. The first-order valence-electron chi connectivity index (χ1n) is 7.85. The maximum absolute atomic E-state index is 5.57. The van der Waals surface area contributed by atoms with E-state index in [1.54, 1.807) is 7.11 Å². The Morgan fingerprint density at radius 1 is 0.913 bits per heavy atom. The lowest BCUT2D eigenvalue weighted by Gasteiger charge is -2.11. The summed E-state index contributed by atoms with van der Waals surface area (Å²) >= 11 is 0. The minimum absolute atomic E-state index is 0. The summed E-state index contributed by atoms with van der Waals surface area (Å²) in [6.07, 6.45) is 2.14. The fourth-order valence-corrected chi connectivity index (χ4v) is 3.50. The summed E-state index contributed by atoms with van der Waals surface area (Å²) in [5, 5.41) is 4.83. The zero-order valence-corrected chi connectivity index (χ0v) is 14.0.